The first-order valence-corrected chi connectivity index (χ1v) is 8.93. The number of hydrogen-bond donors (Lipinski definition) is 1. The first-order valence-electron chi connectivity index (χ1n) is 8.55. The van der Waals surface area contributed by atoms with Gasteiger partial charge in [-0.2, -0.15) is 0 Å². The molecule has 0 bridgehead atoms. The Morgan fingerprint density at radius 3 is 2.78 bits per heavy atom. The molecule has 6 nitrogen and oxygen atoms in total. The average Bonchev–Trinajstić information content (AvgIpc) is 3.11. The Balaban J connectivity index is 1.44. The normalized spacial score (nSPS) is 15.1. The van der Waals surface area contributed by atoms with Gasteiger partial charge in [0.15, 0.2) is 0 Å². The van der Waals surface area contributed by atoms with E-state index < -0.39 is 0 Å². The van der Waals surface area contributed by atoms with Crippen molar-refractivity contribution >= 4 is 17.5 Å². The van der Waals surface area contributed by atoms with Crippen molar-refractivity contribution in [1.82, 2.24) is 20.3 Å². The van der Waals surface area contributed by atoms with E-state index in [0.717, 1.165) is 22.4 Å². The number of halogens is 1. The van der Waals surface area contributed by atoms with Crippen LogP contribution in [-0.2, 0) is 6.42 Å². The molecule has 0 unspecified atom stereocenters. The van der Waals surface area contributed by atoms with E-state index in [9.17, 15) is 4.79 Å². The minimum Gasteiger partial charge on any atom is -0.486 e. The minimum absolute atomic E-state index is 0.165. The Hall–Kier alpha value is -2.99. The molecule has 1 atom stereocenters. The van der Waals surface area contributed by atoms with E-state index in [1.54, 1.807) is 24.7 Å². The Morgan fingerprint density at radius 2 is 2.04 bits per heavy atom. The molecule has 1 aliphatic heterocycles. The molecule has 0 radical (unpaired) electrons. The first-order chi connectivity index (χ1) is 13.1. The van der Waals surface area contributed by atoms with Crippen LogP contribution in [0.5, 0.6) is 5.75 Å². The molecule has 4 rings (SSSR count). The Labute approximate surface area is 161 Å². The van der Waals surface area contributed by atoms with Crippen molar-refractivity contribution < 1.29 is 9.53 Å². The van der Waals surface area contributed by atoms with Gasteiger partial charge >= 0.3 is 0 Å². The monoisotopic (exact) mass is 380 g/mol. The summed E-state index contributed by atoms with van der Waals surface area (Å²) < 4.78 is 5.94. The highest BCUT2D eigenvalue weighted by molar-refractivity contribution is 6.32. The summed E-state index contributed by atoms with van der Waals surface area (Å²) in [5.41, 5.74) is 4.25. The van der Waals surface area contributed by atoms with Crippen LogP contribution in [0.1, 0.15) is 21.6 Å². The van der Waals surface area contributed by atoms with Gasteiger partial charge in [-0.25, -0.2) is 9.97 Å². The van der Waals surface area contributed by atoms with Crippen molar-refractivity contribution in [2.75, 3.05) is 6.54 Å². The molecule has 7 heteroatoms. The molecule has 0 spiro atoms. The molecule has 0 fully saturated rings. The highest BCUT2D eigenvalue weighted by atomic mass is 35.5. The fourth-order valence-electron chi connectivity index (χ4n) is 3.03. The van der Waals surface area contributed by atoms with E-state index in [4.69, 9.17) is 16.3 Å². The third kappa shape index (κ3) is 3.75. The number of aromatic nitrogens is 3. The molecule has 1 aromatic carbocycles. The van der Waals surface area contributed by atoms with Gasteiger partial charge < -0.3 is 10.1 Å². The molecular formula is C20H17ClN4O2. The molecule has 3 aromatic rings. The number of hydrogen-bond acceptors (Lipinski definition) is 5. The lowest BCUT2D eigenvalue weighted by Gasteiger charge is -2.12. The number of nitrogens with one attached hydrogen (secondary N) is 1. The van der Waals surface area contributed by atoms with E-state index >= 15 is 0 Å². The molecule has 1 aliphatic rings. The highest BCUT2D eigenvalue weighted by Crippen LogP contribution is 2.39. The summed E-state index contributed by atoms with van der Waals surface area (Å²) in [6.45, 7) is 2.27. The van der Waals surface area contributed by atoms with Gasteiger partial charge in [0.1, 0.15) is 18.2 Å². The number of fused-ring (bicyclic) bond motifs is 1. The maximum absolute atomic E-state index is 12.2. The number of amides is 1. The van der Waals surface area contributed by atoms with Crippen LogP contribution < -0.4 is 10.1 Å². The molecule has 0 saturated heterocycles. The van der Waals surface area contributed by atoms with Crippen molar-refractivity contribution in [3.63, 3.8) is 0 Å². The number of rotatable bonds is 4. The molecule has 1 amide bonds. The summed E-state index contributed by atoms with van der Waals surface area (Å²) in [5.74, 6) is 0.504. The number of benzene rings is 1. The van der Waals surface area contributed by atoms with Crippen LogP contribution in [0.15, 0.2) is 49.2 Å². The topological polar surface area (TPSA) is 77.0 Å². The zero-order valence-corrected chi connectivity index (χ0v) is 15.4. The van der Waals surface area contributed by atoms with E-state index in [1.807, 2.05) is 25.1 Å². The number of carbonyl (C=O) groups excluding carboxylic acids is 1. The van der Waals surface area contributed by atoms with Gasteiger partial charge in [-0.3, -0.25) is 9.78 Å². The van der Waals surface area contributed by atoms with Gasteiger partial charge in [-0.05, 0) is 36.8 Å². The average molecular weight is 381 g/mol. The second kappa shape index (κ2) is 7.32. The van der Waals surface area contributed by atoms with Crippen LogP contribution in [-0.4, -0.2) is 33.5 Å². The number of carbonyl (C=O) groups is 1. The van der Waals surface area contributed by atoms with Crippen molar-refractivity contribution in [1.29, 1.82) is 0 Å². The van der Waals surface area contributed by atoms with E-state index in [2.05, 4.69) is 20.3 Å². The Kier molecular flexibility index (Phi) is 4.73. The summed E-state index contributed by atoms with van der Waals surface area (Å²) >= 11 is 6.40. The molecular weight excluding hydrogens is 364 g/mol. The smallest absolute Gasteiger partial charge is 0.252 e. The molecule has 1 N–H and O–H groups in total. The second-order valence-corrected chi connectivity index (χ2v) is 6.82. The van der Waals surface area contributed by atoms with Crippen molar-refractivity contribution in [2.45, 2.75) is 19.4 Å². The van der Waals surface area contributed by atoms with Gasteiger partial charge in [0.25, 0.3) is 5.91 Å². The predicted molar refractivity (Wildman–Crippen MR) is 102 cm³/mol. The Morgan fingerprint density at radius 1 is 1.22 bits per heavy atom. The number of nitrogens with zero attached hydrogens (tertiary/aromatic N) is 3. The Bertz CT molecular complexity index is 977. The SMILES string of the molecule is Cc1ccc(C(=O)NC[C@H]2Cc3cc(-c4cncnc4)cc(Cl)c3O2)cn1. The zero-order valence-electron chi connectivity index (χ0n) is 14.6. The molecule has 2 aromatic heterocycles. The van der Waals surface area contributed by atoms with Crippen LogP contribution in [0.2, 0.25) is 5.02 Å². The van der Waals surface area contributed by atoms with Crippen molar-refractivity contribution in [3.05, 3.63) is 71.0 Å². The van der Waals surface area contributed by atoms with Gasteiger partial charge in [0.2, 0.25) is 0 Å². The fraction of sp³-hybridized carbons (Fsp3) is 0.200. The van der Waals surface area contributed by atoms with Gasteiger partial charge in [0.05, 0.1) is 17.1 Å². The lowest BCUT2D eigenvalue weighted by atomic mass is 10.0. The van der Waals surface area contributed by atoms with Crippen LogP contribution in [0.4, 0.5) is 0 Å². The van der Waals surface area contributed by atoms with Gasteiger partial charge in [-0.15, -0.1) is 0 Å². The van der Waals surface area contributed by atoms with Crippen LogP contribution in [0.3, 0.4) is 0 Å². The predicted octanol–water partition coefficient (Wildman–Crippen LogP) is 3.23. The highest BCUT2D eigenvalue weighted by Gasteiger charge is 2.26. The number of pyridine rings is 1. The van der Waals surface area contributed by atoms with Crippen molar-refractivity contribution in [2.24, 2.45) is 0 Å². The third-order valence-corrected chi connectivity index (χ3v) is 4.69. The summed E-state index contributed by atoms with van der Waals surface area (Å²) in [6.07, 6.45) is 7.05. The van der Waals surface area contributed by atoms with Crippen LogP contribution >= 0.6 is 11.6 Å². The summed E-state index contributed by atoms with van der Waals surface area (Å²) in [6, 6.07) is 7.45. The maximum Gasteiger partial charge on any atom is 0.252 e. The molecule has 0 saturated carbocycles. The first kappa shape index (κ1) is 17.4. The van der Waals surface area contributed by atoms with Gasteiger partial charge in [-0.1, -0.05) is 11.6 Å². The summed E-state index contributed by atoms with van der Waals surface area (Å²) in [4.78, 5) is 24.5. The van der Waals surface area contributed by atoms with E-state index in [-0.39, 0.29) is 12.0 Å². The standard InChI is InChI=1S/C20H17ClN4O2/c1-12-2-3-13(9-24-12)20(26)25-10-17-5-15-4-14(6-18(21)19(15)27-17)16-7-22-11-23-8-16/h2-4,6-9,11,17H,5,10H2,1H3,(H,25,26)/t17-/m1/s1. The van der Waals surface area contributed by atoms with E-state index in [1.165, 1.54) is 6.33 Å². The number of aryl methyl sites for hydroxylation is 1. The number of ether oxygens (including phenoxy) is 1. The minimum atomic E-state index is -0.171. The lowest BCUT2D eigenvalue weighted by Crippen LogP contribution is -2.34. The molecule has 3 heterocycles. The third-order valence-electron chi connectivity index (χ3n) is 4.41. The van der Waals surface area contributed by atoms with Crippen LogP contribution in [0, 0.1) is 6.92 Å². The largest absolute Gasteiger partial charge is 0.486 e. The zero-order chi connectivity index (χ0) is 18.8. The summed E-state index contributed by atoms with van der Waals surface area (Å²) in [5, 5.41) is 3.44. The maximum atomic E-state index is 12.2. The van der Waals surface area contributed by atoms with Gasteiger partial charge in [0, 0.05) is 41.8 Å². The summed E-state index contributed by atoms with van der Waals surface area (Å²) in [7, 11) is 0. The lowest BCUT2D eigenvalue weighted by molar-refractivity contribution is 0.0933. The molecule has 136 valence electrons. The van der Waals surface area contributed by atoms with Crippen molar-refractivity contribution in [3.8, 4) is 16.9 Å². The molecule has 27 heavy (non-hydrogen) atoms. The molecule has 0 aliphatic carbocycles. The van der Waals surface area contributed by atoms with E-state index in [0.29, 0.717) is 29.3 Å². The quantitative estimate of drug-likeness (QED) is 0.751. The van der Waals surface area contributed by atoms with Crippen LogP contribution in [0.25, 0.3) is 11.1 Å². The fourth-order valence-corrected chi connectivity index (χ4v) is 3.31. The second-order valence-electron chi connectivity index (χ2n) is 6.42.